The lowest BCUT2D eigenvalue weighted by Crippen LogP contribution is -1.98. The zero-order valence-electron chi connectivity index (χ0n) is 17.8. The third-order valence-electron chi connectivity index (χ3n) is 5.01. The van der Waals surface area contributed by atoms with E-state index in [1.165, 1.54) is 64.2 Å². The number of pyridine rings is 1. The molecular weight excluding hydrogens is 346 g/mol. The van der Waals surface area contributed by atoms with Crippen LogP contribution in [0.1, 0.15) is 90.2 Å². The van der Waals surface area contributed by atoms with Crippen LogP contribution in [0, 0.1) is 0 Å². The van der Waals surface area contributed by atoms with Gasteiger partial charge in [0.15, 0.2) is 0 Å². The summed E-state index contributed by atoms with van der Waals surface area (Å²) in [6.45, 7) is 5.25. The van der Waals surface area contributed by atoms with E-state index in [-0.39, 0.29) is 0 Å². The Bertz CT molecular complexity index is 625. The summed E-state index contributed by atoms with van der Waals surface area (Å²) < 4.78 is 5.80. The molecule has 0 saturated carbocycles. The van der Waals surface area contributed by atoms with Gasteiger partial charge in [0.25, 0.3) is 0 Å². The van der Waals surface area contributed by atoms with Gasteiger partial charge >= 0.3 is 0 Å². The van der Waals surface area contributed by atoms with Crippen LogP contribution in [0.25, 0.3) is 11.4 Å². The van der Waals surface area contributed by atoms with Gasteiger partial charge < -0.3 is 4.74 Å². The first-order valence-electron chi connectivity index (χ1n) is 11.2. The SMILES string of the molecule is CCCCCCCCOc1ccc(-c2cnc(CCCCCCC)cn2)nc1. The van der Waals surface area contributed by atoms with Gasteiger partial charge in [-0.1, -0.05) is 71.6 Å². The normalized spacial score (nSPS) is 10.9. The first kappa shape index (κ1) is 22.3. The second-order valence-corrected chi connectivity index (χ2v) is 7.55. The number of ether oxygens (including phenoxy) is 1. The molecule has 28 heavy (non-hydrogen) atoms. The maximum absolute atomic E-state index is 5.80. The topological polar surface area (TPSA) is 47.9 Å². The zero-order chi connectivity index (χ0) is 19.9. The van der Waals surface area contributed by atoms with Gasteiger partial charge in [-0.2, -0.15) is 0 Å². The van der Waals surface area contributed by atoms with Gasteiger partial charge in [0.05, 0.1) is 30.4 Å². The summed E-state index contributed by atoms with van der Waals surface area (Å²) in [5, 5.41) is 0. The third kappa shape index (κ3) is 8.81. The quantitative estimate of drug-likeness (QED) is 0.318. The minimum Gasteiger partial charge on any atom is -0.492 e. The van der Waals surface area contributed by atoms with E-state index in [0.29, 0.717) is 0 Å². The molecule has 0 bridgehead atoms. The van der Waals surface area contributed by atoms with Crippen LogP contribution in [-0.4, -0.2) is 21.6 Å². The van der Waals surface area contributed by atoms with Crippen molar-refractivity contribution in [2.75, 3.05) is 6.61 Å². The van der Waals surface area contributed by atoms with Crippen molar-refractivity contribution < 1.29 is 4.74 Å². The van der Waals surface area contributed by atoms with E-state index in [1.54, 1.807) is 6.20 Å². The van der Waals surface area contributed by atoms with Crippen molar-refractivity contribution in [3.05, 3.63) is 36.4 Å². The van der Waals surface area contributed by atoms with Crippen LogP contribution in [0.15, 0.2) is 30.7 Å². The third-order valence-corrected chi connectivity index (χ3v) is 5.01. The van der Waals surface area contributed by atoms with Crippen molar-refractivity contribution in [3.63, 3.8) is 0 Å². The predicted octanol–water partition coefficient (Wildman–Crippen LogP) is 6.79. The fraction of sp³-hybridized carbons (Fsp3) is 0.625. The lowest BCUT2D eigenvalue weighted by Gasteiger charge is -2.07. The highest BCUT2D eigenvalue weighted by atomic mass is 16.5. The highest BCUT2D eigenvalue weighted by molar-refractivity contribution is 5.53. The Kier molecular flexibility index (Phi) is 11.2. The molecule has 0 aromatic carbocycles. The van der Waals surface area contributed by atoms with Crippen molar-refractivity contribution in [1.29, 1.82) is 0 Å². The molecule has 154 valence electrons. The zero-order valence-corrected chi connectivity index (χ0v) is 17.8. The molecule has 0 radical (unpaired) electrons. The van der Waals surface area contributed by atoms with Gasteiger partial charge in [-0.3, -0.25) is 15.0 Å². The highest BCUT2D eigenvalue weighted by Crippen LogP contribution is 2.18. The van der Waals surface area contributed by atoms with Crippen molar-refractivity contribution in [2.45, 2.75) is 90.9 Å². The van der Waals surface area contributed by atoms with Gasteiger partial charge in [0.2, 0.25) is 0 Å². The Morgan fingerprint density at radius 2 is 1.32 bits per heavy atom. The van der Waals surface area contributed by atoms with Crippen LogP contribution in [-0.2, 0) is 6.42 Å². The second-order valence-electron chi connectivity index (χ2n) is 7.55. The number of nitrogens with zero attached hydrogens (tertiary/aromatic N) is 3. The van der Waals surface area contributed by atoms with Gasteiger partial charge in [0, 0.05) is 6.20 Å². The van der Waals surface area contributed by atoms with Crippen molar-refractivity contribution in [1.82, 2.24) is 15.0 Å². The molecular formula is C24H37N3O. The van der Waals surface area contributed by atoms with Crippen LogP contribution in [0.2, 0.25) is 0 Å². The first-order valence-corrected chi connectivity index (χ1v) is 11.2. The van der Waals surface area contributed by atoms with Crippen molar-refractivity contribution in [2.24, 2.45) is 0 Å². The molecule has 2 rings (SSSR count). The van der Waals surface area contributed by atoms with E-state index in [2.05, 4.69) is 28.8 Å². The predicted molar refractivity (Wildman–Crippen MR) is 117 cm³/mol. The van der Waals surface area contributed by atoms with Gasteiger partial charge in [0.1, 0.15) is 11.4 Å². The lowest BCUT2D eigenvalue weighted by molar-refractivity contribution is 0.303. The molecule has 0 amide bonds. The van der Waals surface area contributed by atoms with Gasteiger partial charge in [-0.15, -0.1) is 0 Å². The lowest BCUT2D eigenvalue weighted by atomic mass is 10.1. The molecule has 0 aliphatic heterocycles. The van der Waals surface area contributed by atoms with E-state index in [1.807, 2.05) is 24.5 Å². The van der Waals surface area contributed by atoms with Crippen LogP contribution in [0.3, 0.4) is 0 Å². The Balaban J connectivity index is 1.70. The van der Waals surface area contributed by atoms with Gasteiger partial charge in [-0.05, 0) is 31.4 Å². The molecule has 4 heteroatoms. The molecule has 0 atom stereocenters. The summed E-state index contributed by atoms with van der Waals surface area (Å²) in [6, 6.07) is 3.94. The molecule has 0 unspecified atom stereocenters. The summed E-state index contributed by atoms with van der Waals surface area (Å²) in [5.74, 6) is 0.828. The average molecular weight is 384 g/mol. The fourth-order valence-electron chi connectivity index (χ4n) is 3.22. The van der Waals surface area contributed by atoms with Crippen LogP contribution < -0.4 is 4.74 Å². The molecule has 2 aromatic heterocycles. The maximum atomic E-state index is 5.80. The summed E-state index contributed by atoms with van der Waals surface area (Å²) >= 11 is 0. The molecule has 0 saturated heterocycles. The van der Waals surface area contributed by atoms with Crippen LogP contribution >= 0.6 is 0 Å². The van der Waals surface area contributed by atoms with E-state index in [9.17, 15) is 0 Å². The number of aromatic nitrogens is 3. The molecule has 4 nitrogen and oxygen atoms in total. The maximum Gasteiger partial charge on any atom is 0.137 e. The van der Waals surface area contributed by atoms with E-state index < -0.39 is 0 Å². The summed E-state index contributed by atoms with van der Waals surface area (Å²) in [4.78, 5) is 13.6. The summed E-state index contributed by atoms with van der Waals surface area (Å²) in [5.41, 5.74) is 2.73. The minimum atomic E-state index is 0.764. The Morgan fingerprint density at radius 1 is 0.643 bits per heavy atom. The Labute approximate surface area is 171 Å². The summed E-state index contributed by atoms with van der Waals surface area (Å²) in [6.07, 6.45) is 20.5. The Hall–Kier alpha value is -1.97. The molecule has 0 aliphatic rings. The largest absolute Gasteiger partial charge is 0.492 e. The molecule has 2 aromatic rings. The average Bonchev–Trinajstić information content (AvgIpc) is 2.74. The van der Waals surface area contributed by atoms with E-state index in [4.69, 9.17) is 4.74 Å². The van der Waals surface area contributed by atoms with Crippen molar-refractivity contribution in [3.8, 4) is 17.1 Å². The molecule has 2 heterocycles. The highest BCUT2D eigenvalue weighted by Gasteiger charge is 2.04. The van der Waals surface area contributed by atoms with Crippen molar-refractivity contribution >= 4 is 0 Å². The minimum absolute atomic E-state index is 0.764. The number of hydrogen-bond acceptors (Lipinski definition) is 4. The summed E-state index contributed by atoms with van der Waals surface area (Å²) in [7, 11) is 0. The smallest absolute Gasteiger partial charge is 0.137 e. The van der Waals surface area contributed by atoms with Crippen LogP contribution in [0.4, 0.5) is 0 Å². The van der Waals surface area contributed by atoms with Gasteiger partial charge in [-0.25, -0.2) is 0 Å². The second kappa shape index (κ2) is 14.1. The monoisotopic (exact) mass is 383 g/mol. The molecule has 0 fully saturated rings. The Morgan fingerprint density at radius 3 is 1.96 bits per heavy atom. The molecule has 0 spiro atoms. The molecule has 0 aliphatic carbocycles. The van der Waals surface area contributed by atoms with E-state index in [0.717, 1.165) is 42.3 Å². The molecule has 0 N–H and O–H groups in total. The van der Waals surface area contributed by atoms with E-state index >= 15 is 0 Å². The number of hydrogen-bond donors (Lipinski definition) is 0. The van der Waals surface area contributed by atoms with Crippen LogP contribution in [0.5, 0.6) is 5.75 Å². The first-order chi connectivity index (χ1) is 13.8. The number of rotatable bonds is 15. The number of unbranched alkanes of at least 4 members (excludes halogenated alkanes) is 9. The standard InChI is InChI=1S/C24H37N3O/c1-3-5-7-9-11-13-17-28-22-15-16-23(27-19-22)24-20-25-21(18-26-24)14-12-10-8-6-4-2/h15-16,18-20H,3-14,17H2,1-2H3. The fourth-order valence-corrected chi connectivity index (χ4v) is 3.22. The number of aryl methyl sites for hydroxylation is 1.